The highest BCUT2D eigenvalue weighted by Gasteiger charge is 2.39. The van der Waals surface area contributed by atoms with Crippen LogP contribution in [0.5, 0.6) is 5.75 Å². The van der Waals surface area contributed by atoms with Gasteiger partial charge in [-0.2, -0.15) is 0 Å². The molecule has 1 aromatic rings. The van der Waals surface area contributed by atoms with Gasteiger partial charge in [0.25, 0.3) is 0 Å². The number of ether oxygens (including phenoxy) is 1. The Morgan fingerprint density at radius 3 is 2.71 bits per heavy atom. The number of nitrogens with one attached hydrogen (secondary N) is 1. The Labute approximate surface area is 108 Å². The van der Waals surface area contributed by atoms with Gasteiger partial charge >= 0.3 is 0 Å². The summed E-state index contributed by atoms with van der Waals surface area (Å²) in [6.07, 6.45) is 6.88. The predicted molar refractivity (Wildman–Crippen MR) is 74.0 cm³/mol. The van der Waals surface area contributed by atoms with Crippen LogP contribution in [0.2, 0.25) is 0 Å². The molecule has 0 heterocycles. The van der Waals surface area contributed by atoms with Crippen LogP contribution in [0.3, 0.4) is 0 Å². The normalized spacial score (nSPS) is 17.5. The van der Waals surface area contributed by atoms with E-state index in [2.05, 4.69) is 35.8 Å². The largest absolute Gasteiger partial charge is 0.486 e. The van der Waals surface area contributed by atoms with Gasteiger partial charge in [0.1, 0.15) is 11.4 Å². The lowest BCUT2D eigenvalue weighted by atomic mass is 9.77. The first-order chi connectivity index (χ1) is 8.29. The molecule has 0 saturated heterocycles. The average molecular weight is 251 g/mol. The number of rotatable bonds is 6. The molecule has 0 amide bonds. The molecule has 2 rings (SSSR count). The minimum atomic E-state index is 0.0921. The second-order valence-corrected chi connectivity index (χ2v) is 5.49. The summed E-state index contributed by atoms with van der Waals surface area (Å²) in [6, 6.07) is 8.34. The molecule has 0 unspecified atom stereocenters. The maximum absolute atomic E-state index is 6.30. The third-order valence-corrected chi connectivity index (χ3v) is 4.27. The van der Waals surface area contributed by atoms with E-state index in [1.165, 1.54) is 24.2 Å². The van der Waals surface area contributed by atoms with Crippen LogP contribution < -0.4 is 10.1 Å². The molecular weight excluding hydrogens is 230 g/mol. The summed E-state index contributed by atoms with van der Waals surface area (Å²) in [5, 5.41) is 3.22. The fraction of sp³-hybridized carbons (Fsp3) is 0.571. The van der Waals surface area contributed by atoms with E-state index in [1.807, 2.05) is 7.05 Å². The van der Waals surface area contributed by atoms with Crippen molar-refractivity contribution >= 4 is 11.8 Å². The van der Waals surface area contributed by atoms with Crippen LogP contribution in [0.15, 0.2) is 29.2 Å². The molecule has 17 heavy (non-hydrogen) atoms. The lowest BCUT2D eigenvalue weighted by Crippen LogP contribution is -2.45. The predicted octanol–water partition coefficient (Wildman–Crippen LogP) is 3.32. The van der Waals surface area contributed by atoms with Crippen LogP contribution in [0.25, 0.3) is 0 Å². The van der Waals surface area contributed by atoms with Gasteiger partial charge in [-0.05, 0) is 57.7 Å². The van der Waals surface area contributed by atoms with Gasteiger partial charge < -0.3 is 10.1 Å². The summed E-state index contributed by atoms with van der Waals surface area (Å²) < 4.78 is 6.30. The molecule has 0 spiro atoms. The number of hydrogen-bond acceptors (Lipinski definition) is 3. The van der Waals surface area contributed by atoms with E-state index in [1.54, 1.807) is 11.8 Å². The first-order valence-electron chi connectivity index (χ1n) is 6.26. The fourth-order valence-corrected chi connectivity index (χ4v) is 2.79. The van der Waals surface area contributed by atoms with Crippen LogP contribution in [0.4, 0.5) is 0 Å². The Hall–Kier alpha value is -0.670. The van der Waals surface area contributed by atoms with Gasteiger partial charge in [-0.1, -0.05) is 12.1 Å². The summed E-state index contributed by atoms with van der Waals surface area (Å²) in [5.74, 6) is 1.05. The van der Waals surface area contributed by atoms with Crippen LogP contribution in [-0.4, -0.2) is 25.4 Å². The van der Waals surface area contributed by atoms with Crippen LogP contribution in [0, 0.1) is 0 Å². The molecule has 1 aromatic carbocycles. The molecular formula is C14H21NOS. The quantitative estimate of drug-likeness (QED) is 0.784. The van der Waals surface area contributed by atoms with E-state index in [4.69, 9.17) is 4.74 Å². The summed E-state index contributed by atoms with van der Waals surface area (Å²) in [6.45, 7) is 1.03. The standard InChI is InChI=1S/C14H21NOS/c1-15-11-10-14(8-5-9-14)16-12-6-3-4-7-13(12)17-2/h3-4,6-7,15H,5,8-11H2,1-2H3. The Balaban J connectivity index is 2.07. The minimum absolute atomic E-state index is 0.0921. The van der Waals surface area contributed by atoms with Crippen molar-refractivity contribution in [2.24, 2.45) is 0 Å². The van der Waals surface area contributed by atoms with Crippen molar-refractivity contribution in [1.82, 2.24) is 5.32 Å². The first-order valence-corrected chi connectivity index (χ1v) is 7.49. The molecule has 0 atom stereocenters. The summed E-state index contributed by atoms with van der Waals surface area (Å²) in [7, 11) is 2.00. The zero-order valence-electron chi connectivity index (χ0n) is 10.7. The van der Waals surface area contributed by atoms with Crippen molar-refractivity contribution in [1.29, 1.82) is 0 Å². The number of thioether (sulfide) groups is 1. The zero-order chi connectivity index (χ0) is 12.1. The Bertz CT molecular complexity index is 363. The highest BCUT2D eigenvalue weighted by Crippen LogP contribution is 2.41. The van der Waals surface area contributed by atoms with E-state index in [-0.39, 0.29) is 5.60 Å². The molecule has 1 aliphatic carbocycles. The second kappa shape index (κ2) is 5.78. The van der Waals surface area contributed by atoms with Crippen molar-refractivity contribution < 1.29 is 4.74 Å². The van der Waals surface area contributed by atoms with Crippen molar-refractivity contribution in [3.05, 3.63) is 24.3 Å². The van der Waals surface area contributed by atoms with E-state index >= 15 is 0 Å². The van der Waals surface area contributed by atoms with Gasteiger partial charge in [-0.15, -0.1) is 11.8 Å². The highest BCUT2D eigenvalue weighted by atomic mass is 32.2. The molecule has 1 aliphatic rings. The van der Waals surface area contributed by atoms with Gasteiger partial charge in [0.2, 0.25) is 0 Å². The molecule has 0 aromatic heterocycles. The van der Waals surface area contributed by atoms with Crippen molar-refractivity contribution in [2.45, 2.75) is 36.2 Å². The fourth-order valence-electron chi connectivity index (χ4n) is 2.26. The van der Waals surface area contributed by atoms with Gasteiger partial charge in [0, 0.05) is 4.90 Å². The van der Waals surface area contributed by atoms with Crippen molar-refractivity contribution in [3.63, 3.8) is 0 Å². The molecule has 0 bridgehead atoms. The second-order valence-electron chi connectivity index (χ2n) is 4.64. The zero-order valence-corrected chi connectivity index (χ0v) is 11.5. The van der Waals surface area contributed by atoms with E-state index in [0.29, 0.717) is 0 Å². The van der Waals surface area contributed by atoms with Crippen molar-refractivity contribution in [3.8, 4) is 5.75 Å². The number of benzene rings is 1. The Morgan fingerprint density at radius 1 is 1.35 bits per heavy atom. The van der Waals surface area contributed by atoms with Gasteiger partial charge in [-0.25, -0.2) is 0 Å². The third-order valence-electron chi connectivity index (χ3n) is 3.49. The van der Waals surface area contributed by atoms with E-state index in [0.717, 1.165) is 18.7 Å². The monoisotopic (exact) mass is 251 g/mol. The summed E-state index contributed by atoms with van der Waals surface area (Å²) in [5.41, 5.74) is 0.0921. The van der Waals surface area contributed by atoms with Gasteiger partial charge in [0.15, 0.2) is 0 Å². The minimum Gasteiger partial charge on any atom is -0.486 e. The Kier molecular flexibility index (Phi) is 4.35. The summed E-state index contributed by atoms with van der Waals surface area (Å²) >= 11 is 1.75. The van der Waals surface area contributed by atoms with Crippen LogP contribution in [-0.2, 0) is 0 Å². The lowest BCUT2D eigenvalue weighted by Gasteiger charge is -2.42. The molecule has 3 heteroatoms. The topological polar surface area (TPSA) is 21.3 Å². The molecule has 1 fully saturated rings. The van der Waals surface area contributed by atoms with E-state index < -0.39 is 0 Å². The maximum atomic E-state index is 6.30. The van der Waals surface area contributed by atoms with Crippen LogP contribution in [0.1, 0.15) is 25.7 Å². The van der Waals surface area contributed by atoms with Crippen molar-refractivity contribution in [2.75, 3.05) is 19.8 Å². The van der Waals surface area contributed by atoms with Gasteiger partial charge in [-0.3, -0.25) is 0 Å². The van der Waals surface area contributed by atoms with E-state index in [9.17, 15) is 0 Å². The van der Waals surface area contributed by atoms with Crippen LogP contribution >= 0.6 is 11.8 Å². The highest BCUT2D eigenvalue weighted by molar-refractivity contribution is 7.98. The smallest absolute Gasteiger partial charge is 0.133 e. The maximum Gasteiger partial charge on any atom is 0.133 e. The molecule has 1 saturated carbocycles. The average Bonchev–Trinajstić information content (AvgIpc) is 2.33. The molecule has 0 radical (unpaired) electrons. The number of hydrogen-bond donors (Lipinski definition) is 1. The number of para-hydroxylation sites is 1. The molecule has 2 nitrogen and oxygen atoms in total. The Morgan fingerprint density at radius 2 is 2.12 bits per heavy atom. The molecule has 1 N–H and O–H groups in total. The first kappa shape index (κ1) is 12.8. The summed E-state index contributed by atoms with van der Waals surface area (Å²) in [4.78, 5) is 1.24. The molecule has 0 aliphatic heterocycles. The lowest BCUT2D eigenvalue weighted by molar-refractivity contribution is -0.0160. The molecule has 94 valence electrons. The third kappa shape index (κ3) is 2.96. The van der Waals surface area contributed by atoms with Gasteiger partial charge in [0.05, 0.1) is 0 Å². The SMILES string of the molecule is CNCCC1(Oc2ccccc2SC)CCC1.